The zero-order chi connectivity index (χ0) is 25.9. The van der Waals surface area contributed by atoms with E-state index in [0.29, 0.717) is 29.0 Å². The Morgan fingerprint density at radius 3 is 2.75 bits per heavy atom. The Morgan fingerprint density at radius 1 is 1.31 bits per heavy atom. The number of halogens is 2. The lowest BCUT2D eigenvalue weighted by atomic mass is 9.67. The van der Waals surface area contributed by atoms with Crippen LogP contribution in [0.1, 0.15) is 51.3 Å². The van der Waals surface area contributed by atoms with Gasteiger partial charge in [-0.1, -0.05) is 6.92 Å². The number of nitriles is 1. The minimum atomic E-state index is -1.17. The molecule has 3 aromatic rings. The van der Waals surface area contributed by atoms with Crippen LogP contribution in [0.4, 0.5) is 19.4 Å². The first-order valence-corrected chi connectivity index (χ1v) is 11.7. The minimum Gasteiger partial charge on any atom is -0.441 e. The Bertz CT molecular complexity index is 1380. The summed E-state index contributed by atoms with van der Waals surface area (Å²) in [7, 11) is 0. The van der Waals surface area contributed by atoms with E-state index in [0.717, 1.165) is 0 Å². The second-order valence-electron chi connectivity index (χ2n) is 10.6. The molecule has 1 aromatic carbocycles. The van der Waals surface area contributed by atoms with Crippen molar-refractivity contribution in [3.63, 3.8) is 0 Å². The molecule has 0 unspecified atom stereocenters. The van der Waals surface area contributed by atoms with Crippen molar-refractivity contribution in [2.75, 3.05) is 11.4 Å². The molecule has 3 heterocycles. The lowest BCUT2D eigenvalue weighted by molar-refractivity contribution is -0.0663. The summed E-state index contributed by atoms with van der Waals surface area (Å²) in [6.07, 6.45) is 3.40. The van der Waals surface area contributed by atoms with Crippen LogP contribution in [0.5, 0.6) is 0 Å². The fourth-order valence-electron chi connectivity index (χ4n) is 5.31. The van der Waals surface area contributed by atoms with E-state index in [-0.39, 0.29) is 31.5 Å². The Morgan fingerprint density at radius 2 is 2.08 bits per heavy atom. The van der Waals surface area contributed by atoms with E-state index >= 15 is 4.39 Å². The lowest BCUT2D eigenvalue weighted by Crippen LogP contribution is -2.50. The number of carbonyl (C=O) groups is 1. The maximum atomic E-state index is 15.4. The first-order chi connectivity index (χ1) is 16.9. The topological polar surface area (TPSA) is 117 Å². The van der Waals surface area contributed by atoms with Crippen LogP contribution in [-0.2, 0) is 16.9 Å². The predicted molar refractivity (Wildman–Crippen MR) is 125 cm³/mol. The van der Waals surface area contributed by atoms with Crippen molar-refractivity contribution in [1.29, 1.82) is 5.26 Å². The molecule has 3 atom stereocenters. The van der Waals surface area contributed by atoms with E-state index in [2.05, 4.69) is 15.0 Å². The van der Waals surface area contributed by atoms with Crippen LogP contribution in [0.25, 0.3) is 11.0 Å². The average molecular weight is 497 g/mol. The summed E-state index contributed by atoms with van der Waals surface area (Å²) in [5, 5.41) is 19.3. The smallest absolute Gasteiger partial charge is 0.416 e. The van der Waals surface area contributed by atoms with E-state index in [4.69, 9.17) is 4.74 Å². The number of anilines is 1. The SMILES string of the molecule is CC(C)(O)c1cnc(N2C[C@]3(CC[C@H](F)[C@@](C)(Cn4cnc5cc(F)c(C#N)cc54)C3)OC2=O)cn1. The highest BCUT2D eigenvalue weighted by Gasteiger charge is 2.55. The number of amides is 1. The maximum absolute atomic E-state index is 15.4. The first-order valence-electron chi connectivity index (χ1n) is 11.7. The second-order valence-corrected chi connectivity index (χ2v) is 10.6. The molecule has 2 aliphatic rings. The third-order valence-electron chi connectivity index (χ3n) is 7.21. The molecule has 11 heteroatoms. The molecule has 2 aromatic heterocycles. The maximum Gasteiger partial charge on any atom is 0.416 e. The molecule has 9 nitrogen and oxygen atoms in total. The molecular formula is C25H26F2N6O3. The van der Waals surface area contributed by atoms with Gasteiger partial charge in [-0.05, 0) is 39.2 Å². The zero-order valence-electron chi connectivity index (χ0n) is 20.2. The van der Waals surface area contributed by atoms with Crippen LogP contribution in [0.3, 0.4) is 0 Å². The van der Waals surface area contributed by atoms with Crippen molar-refractivity contribution in [3.05, 3.63) is 47.9 Å². The highest BCUT2D eigenvalue weighted by Crippen LogP contribution is 2.49. The van der Waals surface area contributed by atoms with Crippen LogP contribution in [0.15, 0.2) is 30.9 Å². The summed E-state index contributed by atoms with van der Waals surface area (Å²) >= 11 is 0. The molecule has 1 saturated heterocycles. The Labute approximate surface area is 206 Å². The Hall–Kier alpha value is -3.65. The molecule has 1 spiro atoms. The highest BCUT2D eigenvalue weighted by molar-refractivity contribution is 5.89. The van der Waals surface area contributed by atoms with Crippen molar-refractivity contribution in [2.24, 2.45) is 5.41 Å². The molecule has 1 saturated carbocycles. The van der Waals surface area contributed by atoms with Crippen LogP contribution < -0.4 is 4.90 Å². The van der Waals surface area contributed by atoms with E-state index in [1.807, 2.05) is 6.07 Å². The molecule has 36 heavy (non-hydrogen) atoms. The quantitative estimate of drug-likeness (QED) is 0.580. The number of rotatable bonds is 4. The Balaban J connectivity index is 1.40. The first kappa shape index (κ1) is 24.1. The van der Waals surface area contributed by atoms with Crippen LogP contribution in [0, 0.1) is 22.6 Å². The standard InChI is InChI=1S/C25H26F2N6O3/c1-23(2,35)20-9-30-21(10-29-20)33-13-25(36-22(33)34)5-4-19(27)24(3,11-25)12-32-14-31-17-7-16(26)15(8-28)6-18(17)32/h6-7,9-10,14,19,35H,4-5,11-13H2,1-3H3/t19-,24+,25+/m0/s1. The van der Waals surface area contributed by atoms with Gasteiger partial charge in [-0.2, -0.15) is 5.26 Å². The number of carbonyl (C=O) groups excluding carboxylic acids is 1. The van der Waals surface area contributed by atoms with Gasteiger partial charge in [0.2, 0.25) is 0 Å². The molecule has 0 bridgehead atoms. The summed E-state index contributed by atoms with van der Waals surface area (Å²) in [5.41, 5.74) is -1.83. The van der Waals surface area contributed by atoms with Gasteiger partial charge in [0, 0.05) is 18.0 Å². The third kappa shape index (κ3) is 4.05. The van der Waals surface area contributed by atoms with Gasteiger partial charge in [0.15, 0.2) is 5.82 Å². The molecule has 188 valence electrons. The largest absolute Gasteiger partial charge is 0.441 e. The number of fused-ring (bicyclic) bond motifs is 1. The van der Waals surface area contributed by atoms with Crippen LogP contribution >= 0.6 is 0 Å². The van der Waals surface area contributed by atoms with Gasteiger partial charge in [-0.15, -0.1) is 0 Å². The van der Waals surface area contributed by atoms with E-state index < -0.39 is 34.7 Å². The zero-order valence-corrected chi connectivity index (χ0v) is 20.2. The normalized spacial score (nSPS) is 26.4. The molecular weight excluding hydrogens is 470 g/mol. The number of imidazole rings is 1. The summed E-state index contributed by atoms with van der Waals surface area (Å²) in [6, 6.07) is 4.44. The second kappa shape index (κ2) is 8.20. The average Bonchev–Trinajstić information content (AvgIpc) is 3.35. The van der Waals surface area contributed by atoms with Crippen molar-refractivity contribution in [1.82, 2.24) is 19.5 Å². The van der Waals surface area contributed by atoms with Crippen molar-refractivity contribution in [2.45, 2.75) is 64.0 Å². The summed E-state index contributed by atoms with van der Waals surface area (Å²) in [4.78, 5) is 26.9. The number of nitrogens with zero attached hydrogens (tertiary/aromatic N) is 6. The van der Waals surface area contributed by atoms with E-state index in [1.165, 1.54) is 35.8 Å². The number of aliphatic hydroxyl groups is 1. The molecule has 0 radical (unpaired) electrons. The van der Waals surface area contributed by atoms with Gasteiger partial charge in [0.05, 0.1) is 47.6 Å². The lowest BCUT2D eigenvalue weighted by Gasteiger charge is -2.45. The molecule has 1 N–H and O–H groups in total. The Kier molecular flexibility index (Phi) is 5.48. The summed E-state index contributed by atoms with van der Waals surface area (Å²) < 4.78 is 37.0. The summed E-state index contributed by atoms with van der Waals surface area (Å²) in [6.45, 7) is 5.38. The minimum absolute atomic E-state index is 0.108. The van der Waals surface area contributed by atoms with Crippen molar-refractivity contribution >= 4 is 22.9 Å². The third-order valence-corrected chi connectivity index (χ3v) is 7.21. The number of hydrogen-bond donors (Lipinski definition) is 1. The van der Waals surface area contributed by atoms with Gasteiger partial charge >= 0.3 is 6.09 Å². The number of alkyl halides is 1. The van der Waals surface area contributed by atoms with E-state index in [9.17, 15) is 19.6 Å². The van der Waals surface area contributed by atoms with Crippen LogP contribution in [0.2, 0.25) is 0 Å². The molecule has 1 amide bonds. The van der Waals surface area contributed by atoms with Gasteiger partial charge < -0.3 is 14.4 Å². The molecule has 1 aliphatic heterocycles. The number of ether oxygens (including phenoxy) is 1. The monoisotopic (exact) mass is 496 g/mol. The predicted octanol–water partition coefficient (Wildman–Crippen LogP) is 3.99. The number of benzene rings is 1. The van der Waals surface area contributed by atoms with Crippen molar-refractivity contribution in [3.8, 4) is 6.07 Å². The van der Waals surface area contributed by atoms with Gasteiger partial charge in [-0.25, -0.2) is 23.5 Å². The molecule has 2 fully saturated rings. The van der Waals surface area contributed by atoms with E-state index in [1.54, 1.807) is 25.3 Å². The van der Waals surface area contributed by atoms with Crippen LogP contribution in [-0.4, -0.2) is 49.0 Å². The van der Waals surface area contributed by atoms with Gasteiger partial charge in [0.25, 0.3) is 0 Å². The number of hydrogen-bond acceptors (Lipinski definition) is 7. The molecule has 1 aliphatic carbocycles. The number of aromatic nitrogens is 4. The molecule has 5 rings (SSSR count). The van der Waals surface area contributed by atoms with Gasteiger partial charge in [-0.3, -0.25) is 9.88 Å². The fourth-order valence-corrected chi connectivity index (χ4v) is 5.31. The summed E-state index contributed by atoms with van der Waals surface area (Å²) in [5.74, 6) is -0.362. The van der Waals surface area contributed by atoms with Crippen molar-refractivity contribution < 1.29 is 23.4 Å². The van der Waals surface area contributed by atoms with Gasteiger partial charge in [0.1, 0.15) is 29.3 Å². The fraction of sp³-hybridized carbons (Fsp3) is 0.480. The highest BCUT2D eigenvalue weighted by atomic mass is 19.1.